The molecule has 1 aliphatic rings. The Bertz CT molecular complexity index is 471. The first-order chi connectivity index (χ1) is 9.91. The lowest BCUT2D eigenvalue weighted by Gasteiger charge is -2.27. The molecule has 3 nitrogen and oxygen atoms in total. The van der Waals surface area contributed by atoms with E-state index in [1.165, 1.54) is 5.56 Å². The van der Waals surface area contributed by atoms with Gasteiger partial charge in [-0.2, -0.15) is 0 Å². The maximum Gasteiger partial charge on any atom is 0.239 e. The number of hydrogen-bond acceptors (Lipinski definition) is 2. The van der Waals surface area contributed by atoms with Crippen molar-refractivity contribution < 1.29 is 4.79 Å². The third-order valence-corrected chi connectivity index (χ3v) is 4.73. The highest BCUT2D eigenvalue weighted by Gasteiger charge is 2.37. The molecule has 1 aromatic carbocycles. The molecule has 0 aliphatic carbocycles. The monoisotopic (exact) mass is 288 g/mol. The molecule has 1 aliphatic heterocycles. The molecule has 0 aromatic heterocycles. The van der Waals surface area contributed by atoms with Crippen molar-refractivity contribution in [3.05, 3.63) is 35.9 Å². The minimum Gasteiger partial charge on any atom is -0.341 e. The molecule has 3 heteroatoms. The maximum absolute atomic E-state index is 12.3. The third kappa shape index (κ3) is 4.07. The third-order valence-electron chi connectivity index (χ3n) is 4.73. The van der Waals surface area contributed by atoms with Gasteiger partial charge in [-0.3, -0.25) is 4.79 Å². The highest BCUT2D eigenvalue weighted by molar-refractivity contribution is 5.82. The van der Waals surface area contributed by atoms with E-state index >= 15 is 0 Å². The zero-order valence-corrected chi connectivity index (χ0v) is 13.5. The largest absolute Gasteiger partial charge is 0.341 e. The van der Waals surface area contributed by atoms with Crippen LogP contribution in [0.15, 0.2) is 30.3 Å². The molecule has 1 saturated heterocycles. The average molecular weight is 288 g/mol. The number of likely N-dealkylation sites (tertiary alicyclic amines) is 1. The zero-order chi connectivity index (χ0) is 15.5. The van der Waals surface area contributed by atoms with Gasteiger partial charge in [-0.25, -0.2) is 0 Å². The van der Waals surface area contributed by atoms with Crippen molar-refractivity contribution in [1.29, 1.82) is 0 Å². The summed E-state index contributed by atoms with van der Waals surface area (Å²) in [5.41, 5.74) is 7.60. The number of benzene rings is 1. The predicted molar refractivity (Wildman–Crippen MR) is 86.9 cm³/mol. The van der Waals surface area contributed by atoms with Crippen LogP contribution in [0.3, 0.4) is 0 Å². The zero-order valence-electron chi connectivity index (χ0n) is 13.5. The molecule has 0 bridgehead atoms. The summed E-state index contributed by atoms with van der Waals surface area (Å²) >= 11 is 0. The minimum absolute atomic E-state index is 0.119. The molecule has 1 unspecified atom stereocenters. The van der Waals surface area contributed by atoms with Crippen LogP contribution < -0.4 is 5.73 Å². The van der Waals surface area contributed by atoms with Gasteiger partial charge >= 0.3 is 0 Å². The summed E-state index contributed by atoms with van der Waals surface area (Å²) in [6.45, 7) is 8.01. The van der Waals surface area contributed by atoms with Gasteiger partial charge in [0.05, 0.1) is 6.04 Å². The molecule has 0 radical (unpaired) electrons. The van der Waals surface area contributed by atoms with E-state index in [9.17, 15) is 4.79 Å². The molecular weight excluding hydrogens is 260 g/mol. The Morgan fingerprint density at radius 1 is 1.33 bits per heavy atom. The van der Waals surface area contributed by atoms with Gasteiger partial charge in [0.1, 0.15) is 0 Å². The van der Waals surface area contributed by atoms with Crippen molar-refractivity contribution in [3.8, 4) is 0 Å². The topological polar surface area (TPSA) is 46.3 Å². The lowest BCUT2D eigenvalue weighted by atomic mass is 9.83. The van der Waals surface area contributed by atoms with Crippen molar-refractivity contribution in [2.75, 3.05) is 13.1 Å². The molecule has 2 N–H and O–H groups in total. The van der Waals surface area contributed by atoms with Crippen LogP contribution >= 0.6 is 0 Å². The maximum atomic E-state index is 12.3. The van der Waals surface area contributed by atoms with Gasteiger partial charge in [-0.1, -0.05) is 51.1 Å². The fourth-order valence-electron chi connectivity index (χ4n) is 3.00. The standard InChI is InChI=1S/C18H28N2O/c1-14(2)16(19)17(21)20-12-11-18(3,13-20)10-9-15-7-5-4-6-8-15/h4-8,14,16H,9-13,19H2,1-3H3/t16-,18?/m0/s1. The molecule has 2 rings (SSSR count). The quantitative estimate of drug-likeness (QED) is 0.905. The molecule has 2 atom stereocenters. The van der Waals surface area contributed by atoms with E-state index < -0.39 is 0 Å². The second kappa shape index (κ2) is 6.61. The van der Waals surface area contributed by atoms with Gasteiger partial charge in [0.15, 0.2) is 0 Å². The average Bonchev–Trinajstić information content (AvgIpc) is 2.87. The number of rotatable bonds is 5. The Hall–Kier alpha value is -1.35. The Kier molecular flexibility index (Phi) is 5.04. The van der Waals surface area contributed by atoms with Crippen LogP contribution in [-0.2, 0) is 11.2 Å². The molecule has 0 spiro atoms. The normalized spacial score (nSPS) is 23.6. The predicted octanol–water partition coefficient (Wildman–Crippen LogP) is 2.84. The first-order valence-electron chi connectivity index (χ1n) is 8.00. The summed E-state index contributed by atoms with van der Waals surface area (Å²) in [5, 5.41) is 0. The summed E-state index contributed by atoms with van der Waals surface area (Å²) in [6, 6.07) is 10.2. The van der Waals surface area contributed by atoms with Crippen molar-refractivity contribution in [3.63, 3.8) is 0 Å². The fourth-order valence-corrected chi connectivity index (χ4v) is 3.00. The Labute approximate surface area is 128 Å². The van der Waals surface area contributed by atoms with Crippen LogP contribution in [0, 0.1) is 11.3 Å². The number of nitrogens with two attached hydrogens (primary N) is 1. The van der Waals surface area contributed by atoms with E-state index in [1.54, 1.807) is 0 Å². The summed E-state index contributed by atoms with van der Waals surface area (Å²) in [7, 11) is 0. The highest BCUT2D eigenvalue weighted by atomic mass is 16.2. The number of aryl methyl sites for hydroxylation is 1. The number of amides is 1. The van der Waals surface area contributed by atoms with Crippen LogP contribution in [0.2, 0.25) is 0 Å². The van der Waals surface area contributed by atoms with E-state index in [0.717, 1.165) is 32.4 Å². The highest BCUT2D eigenvalue weighted by Crippen LogP contribution is 2.35. The van der Waals surface area contributed by atoms with E-state index in [1.807, 2.05) is 18.7 Å². The summed E-state index contributed by atoms with van der Waals surface area (Å²) in [4.78, 5) is 14.3. The molecule has 0 saturated carbocycles. The fraction of sp³-hybridized carbons (Fsp3) is 0.611. The van der Waals surface area contributed by atoms with Crippen LogP contribution in [0.25, 0.3) is 0 Å². The van der Waals surface area contributed by atoms with Crippen molar-refractivity contribution in [1.82, 2.24) is 4.90 Å². The van der Waals surface area contributed by atoms with E-state index in [0.29, 0.717) is 0 Å². The van der Waals surface area contributed by atoms with Gasteiger partial charge in [-0.05, 0) is 36.2 Å². The Balaban J connectivity index is 1.89. The second-order valence-corrected chi connectivity index (χ2v) is 7.08. The van der Waals surface area contributed by atoms with Gasteiger partial charge in [0.25, 0.3) is 0 Å². The first-order valence-corrected chi connectivity index (χ1v) is 8.00. The summed E-state index contributed by atoms with van der Waals surface area (Å²) in [5.74, 6) is 0.321. The smallest absolute Gasteiger partial charge is 0.239 e. The van der Waals surface area contributed by atoms with Gasteiger partial charge < -0.3 is 10.6 Å². The van der Waals surface area contributed by atoms with Crippen molar-refractivity contribution >= 4 is 5.91 Å². The second-order valence-electron chi connectivity index (χ2n) is 7.08. The summed E-state index contributed by atoms with van der Waals surface area (Å²) in [6.07, 6.45) is 3.28. The van der Waals surface area contributed by atoms with Crippen LogP contribution in [0.1, 0.15) is 39.2 Å². The van der Waals surface area contributed by atoms with Crippen LogP contribution in [0.4, 0.5) is 0 Å². The lowest BCUT2D eigenvalue weighted by molar-refractivity contribution is -0.132. The molecule has 21 heavy (non-hydrogen) atoms. The van der Waals surface area contributed by atoms with Gasteiger partial charge in [0, 0.05) is 13.1 Å². The van der Waals surface area contributed by atoms with Crippen molar-refractivity contribution in [2.24, 2.45) is 17.1 Å². The molecule has 116 valence electrons. The first kappa shape index (κ1) is 16.0. The Morgan fingerprint density at radius 2 is 2.00 bits per heavy atom. The molecule has 1 fully saturated rings. The lowest BCUT2D eigenvalue weighted by Crippen LogP contribution is -2.46. The molecular formula is C18H28N2O. The number of nitrogens with zero attached hydrogens (tertiary/aromatic N) is 1. The van der Waals surface area contributed by atoms with Gasteiger partial charge in [0.2, 0.25) is 5.91 Å². The number of carbonyl (C=O) groups is 1. The van der Waals surface area contributed by atoms with Gasteiger partial charge in [-0.15, -0.1) is 0 Å². The molecule has 1 heterocycles. The number of carbonyl (C=O) groups excluding carboxylic acids is 1. The SMILES string of the molecule is CC(C)[C@H](N)C(=O)N1CCC(C)(CCc2ccccc2)C1. The minimum atomic E-state index is -0.360. The molecule has 1 aromatic rings. The Morgan fingerprint density at radius 3 is 2.62 bits per heavy atom. The van der Waals surface area contributed by atoms with E-state index in [4.69, 9.17) is 5.73 Å². The summed E-state index contributed by atoms with van der Waals surface area (Å²) < 4.78 is 0. The van der Waals surface area contributed by atoms with Crippen LogP contribution in [0.5, 0.6) is 0 Å². The van der Waals surface area contributed by atoms with E-state index in [-0.39, 0.29) is 23.3 Å². The number of hydrogen-bond donors (Lipinski definition) is 1. The van der Waals surface area contributed by atoms with Crippen LogP contribution in [-0.4, -0.2) is 29.9 Å². The van der Waals surface area contributed by atoms with Crippen molar-refractivity contribution in [2.45, 2.75) is 46.1 Å². The van der Waals surface area contributed by atoms with E-state index in [2.05, 4.69) is 37.3 Å². The molecule has 1 amide bonds.